The third kappa shape index (κ3) is 3.74. The largest absolute Gasteiger partial charge is 0.493 e. The molecule has 0 heterocycles. The van der Waals surface area contributed by atoms with E-state index in [0.717, 1.165) is 11.1 Å². The van der Waals surface area contributed by atoms with Crippen LogP contribution in [0.25, 0.3) is 6.08 Å². The fourth-order valence-electron chi connectivity index (χ4n) is 1.85. The standard InChI is InChI=1S/C18H15NO3/c1-13-5-8-15(9-6-13)18(20)22-16-10-7-14(4-3-11-19)12-17(16)21-2/h3-10,12H,1-2H3/b4-3-. The summed E-state index contributed by atoms with van der Waals surface area (Å²) in [4.78, 5) is 12.1. The van der Waals surface area contributed by atoms with Crippen LogP contribution in [0.4, 0.5) is 0 Å². The molecule has 4 nitrogen and oxygen atoms in total. The zero-order chi connectivity index (χ0) is 15.9. The van der Waals surface area contributed by atoms with Crippen molar-refractivity contribution < 1.29 is 14.3 Å². The Morgan fingerprint density at radius 3 is 2.50 bits per heavy atom. The van der Waals surface area contributed by atoms with Crippen LogP contribution in [0.5, 0.6) is 11.5 Å². The lowest BCUT2D eigenvalue weighted by Crippen LogP contribution is -2.09. The SMILES string of the molecule is COc1cc(/C=C\C#N)ccc1OC(=O)c1ccc(C)cc1. The van der Waals surface area contributed by atoms with E-state index < -0.39 is 5.97 Å². The number of carbonyl (C=O) groups excluding carboxylic acids is 1. The van der Waals surface area contributed by atoms with E-state index in [1.54, 1.807) is 36.4 Å². The van der Waals surface area contributed by atoms with Crippen molar-refractivity contribution in [3.8, 4) is 17.6 Å². The first-order valence-corrected chi connectivity index (χ1v) is 6.67. The average molecular weight is 293 g/mol. The maximum absolute atomic E-state index is 12.1. The van der Waals surface area contributed by atoms with E-state index in [0.29, 0.717) is 17.1 Å². The van der Waals surface area contributed by atoms with Gasteiger partial charge in [-0.2, -0.15) is 5.26 Å². The molecule has 0 amide bonds. The molecule has 22 heavy (non-hydrogen) atoms. The van der Waals surface area contributed by atoms with Gasteiger partial charge in [-0.25, -0.2) is 4.79 Å². The highest BCUT2D eigenvalue weighted by atomic mass is 16.6. The molecule has 0 spiro atoms. The average Bonchev–Trinajstić information content (AvgIpc) is 2.54. The van der Waals surface area contributed by atoms with Gasteiger partial charge in [-0.15, -0.1) is 0 Å². The summed E-state index contributed by atoms with van der Waals surface area (Å²) >= 11 is 0. The maximum atomic E-state index is 12.1. The Bertz CT molecular complexity index is 740. The van der Waals surface area contributed by atoms with Crippen LogP contribution in [0, 0.1) is 18.3 Å². The molecule has 0 N–H and O–H groups in total. The van der Waals surface area contributed by atoms with Crippen LogP contribution in [0.1, 0.15) is 21.5 Å². The molecule has 0 aliphatic carbocycles. The van der Waals surface area contributed by atoms with Gasteiger partial charge in [0.1, 0.15) is 0 Å². The minimum Gasteiger partial charge on any atom is -0.493 e. The second kappa shape index (κ2) is 7.09. The first kappa shape index (κ1) is 15.3. The van der Waals surface area contributed by atoms with Crippen molar-refractivity contribution in [2.75, 3.05) is 7.11 Å². The van der Waals surface area contributed by atoms with Crippen LogP contribution in [0.15, 0.2) is 48.5 Å². The summed E-state index contributed by atoms with van der Waals surface area (Å²) in [5, 5.41) is 8.54. The molecular formula is C18H15NO3. The Balaban J connectivity index is 2.22. The van der Waals surface area contributed by atoms with Crippen molar-refractivity contribution in [2.45, 2.75) is 6.92 Å². The molecule has 0 aliphatic rings. The van der Waals surface area contributed by atoms with Gasteiger partial charge in [0.2, 0.25) is 0 Å². The summed E-state index contributed by atoms with van der Waals surface area (Å²) in [5.74, 6) is 0.321. The third-order valence-electron chi connectivity index (χ3n) is 3.03. The molecule has 0 aliphatic heterocycles. The zero-order valence-electron chi connectivity index (χ0n) is 12.4. The lowest BCUT2D eigenvalue weighted by Gasteiger charge is -2.10. The van der Waals surface area contributed by atoms with Crippen molar-refractivity contribution in [1.29, 1.82) is 5.26 Å². The smallest absolute Gasteiger partial charge is 0.343 e. The number of aryl methyl sites for hydroxylation is 1. The summed E-state index contributed by atoms with van der Waals surface area (Å²) < 4.78 is 10.6. The fraction of sp³-hybridized carbons (Fsp3) is 0.111. The van der Waals surface area contributed by atoms with Crippen LogP contribution >= 0.6 is 0 Å². The number of carbonyl (C=O) groups is 1. The van der Waals surface area contributed by atoms with Gasteiger partial charge in [0.15, 0.2) is 11.5 Å². The van der Waals surface area contributed by atoms with E-state index >= 15 is 0 Å². The van der Waals surface area contributed by atoms with E-state index in [2.05, 4.69) is 0 Å². The van der Waals surface area contributed by atoms with E-state index in [1.165, 1.54) is 13.2 Å². The molecule has 4 heteroatoms. The Morgan fingerprint density at radius 2 is 1.86 bits per heavy atom. The van der Waals surface area contributed by atoms with E-state index in [4.69, 9.17) is 14.7 Å². The fourth-order valence-corrected chi connectivity index (χ4v) is 1.85. The molecule has 2 aromatic carbocycles. The van der Waals surface area contributed by atoms with Crippen LogP contribution in [-0.2, 0) is 0 Å². The zero-order valence-corrected chi connectivity index (χ0v) is 12.4. The molecule has 0 saturated heterocycles. The topological polar surface area (TPSA) is 59.3 Å². The molecule has 0 bridgehead atoms. The van der Waals surface area contributed by atoms with E-state index in [1.807, 2.05) is 25.1 Å². The Labute approximate surface area is 129 Å². The first-order valence-electron chi connectivity index (χ1n) is 6.67. The normalized spacial score (nSPS) is 10.2. The van der Waals surface area contributed by atoms with Gasteiger partial charge >= 0.3 is 5.97 Å². The highest BCUT2D eigenvalue weighted by Crippen LogP contribution is 2.29. The number of methoxy groups -OCH3 is 1. The van der Waals surface area contributed by atoms with Crippen molar-refractivity contribution in [1.82, 2.24) is 0 Å². The van der Waals surface area contributed by atoms with Crippen molar-refractivity contribution >= 4 is 12.0 Å². The van der Waals surface area contributed by atoms with Crippen LogP contribution in [0.2, 0.25) is 0 Å². The minimum atomic E-state index is -0.446. The van der Waals surface area contributed by atoms with E-state index in [-0.39, 0.29) is 0 Å². The molecule has 2 rings (SSSR count). The number of esters is 1. The lowest BCUT2D eigenvalue weighted by atomic mass is 10.1. The molecule has 0 radical (unpaired) electrons. The van der Waals surface area contributed by atoms with Crippen LogP contribution in [0.3, 0.4) is 0 Å². The quantitative estimate of drug-likeness (QED) is 0.489. The van der Waals surface area contributed by atoms with Gasteiger partial charge in [-0.1, -0.05) is 23.8 Å². The summed E-state index contributed by atoms with van der Waals surface area (Å²) in [6.07, 6.45) is 3.01. The van der Waals surface area contributed by atoms with Gasteiger partial charge in [-0.3, -0.25) is 0 Å². The highest BCUT2D eigenvalue weighted by molar-refractivity contribution is 5.91. The summed E-state index contributed by atoms with van der Waals surface area (Å²) in [6, 6.07) is 14.1. The molecule has 110 valence electrons. The van der Waals surface area contributed by atoms with Crippen LogP contribution in [-0.4, -0.2) is 13.1 Å². The van der Waals surface area contributed by atoms with Crippen molar-refractivity contribution in [2.24, 2.45) is 0 Å². The number of nitrogens with zero attached hydrogens (tertiary/aromatic N) is 1. The number of allylic oxidation sites excluding steroid dienone is 1. The van der Waals surface area contributed by atoms with Gasteiger partial charge in [0.05, 0.1) is 18.7 Å². The van der Waals surface area contributed by atoms with Crippen molar-refractivity contribution in [3.63, 3.8) is 0 Å². The molecule has 0 atom stereocenters. The van der Waals surface area contributed by atoms with Gasteiger partial charge in [-0.05, 0) is 42.8 Å². The number of nitriles is 1. The maximum Gasteiger partial charge on any atom is 0.343 e. The Morgan fingerprint density at radius 1 is 1.14 bits per heavy atom. The van der Waals surface area contributed by atoms with Gasteiger partial charge < -0.3 is 9.47 Å². The monoisotopic (exact) mass is 293 g/mol. The number of ether oxygens (including phenoxy) is 2. The second-order valence-electron chi connectivity index (χ2n) is 4.63. The molecule has 0 aromatic heterocycles. The lowest BCUT2D eigenvalue weighted by molar-refractivity contribution is 0.0729. The second-order valence-corrected chi connectivity index (χ2v) is 4.63. The number of rotatable bonds is 4. The highest BCUT2D eigenvalue weighted by Gasteiger charge is 2.12. The Kier molecular flexibility index (Phi) is 4.94. The Hall–Kier alpha value is -3.06. The van der Waals surface area contributed by atoms with Gasteiger partial charge in [0, 0.05) is 6.08 Å². The molecular weight excluding hydrogens is 278 g/mol. The molecule has 0 unspecified atom stereocenters. The van der Waals surface area contributed by atoms with Crippen molar-refractivity contribution in [3.05, 3.63) is 65.2 Å². The molecule has 2 aromatic rings. The number of hydrogen-bond donors (Lipinski definition) is 0. The number of benzene rings is 2. The third-order valence-corrected chi connectivity index (χ3v) is 3.03. The molecule has 0 saturated carbocycles. The van der Waals surface area contributed by atoms with E-state index in [9.17, 15) is 4.79 Å². The first-order chi connectivity index (χ1) is 10.6. The summed E-state index contributed by atoms with van der Waals surface area (Å²) in [6.45, 7) is 1.95. The van der Waals surface area contributed by atoms with Gasteiger partial charge in [0.25, 0.3) is 0 Å². The summed E-state index contributed by atoms with van der Waals surface area (Å²) in [7, 11) is 1.50. The summed E-state index contributed by atoms with van der Waals surface area (Å²) in [5.41, 5.74) is 2.33. The molecule has 0 fully saturated rings. The predicted molar refractivity (Wildman–Crippen MR) is 83.8 cm³/mol. The predicted octanol–water partition coefficient (Wildman–Crippen LogP) is 3.76. The minimum absolute atomic E-state index is 0.335. The number of hydrogen-bond acceptors (Lipinski definition) is 4. The van der Waals surface area contributed by atoms with Crippen LogP contribution < -0.4 is 9.47 Å².